The van der Waals surface area contributed by atoms with E-state index in [-0.39, 0.29) is 5.91 Å². The van der Waals surface area contributed by atoms with Crippen molar-refractivity contribution in [1.82, 2.24) is 9.78 Å². The number of nitrogens with zero attached hydrogens (tertiary/aromatic N) is 2. The Kier molecular flexibility index (Phi) is 5.76. The maximum absolute atomic E-state index is 12.1. The Labute approximate surface area is 136 Å². The Hall–Kier alpha value is -2.34. The average molecular weight is 317 g/mol. The Morgan fingerprint density at radius 3 is 2.78 bits per heavy atom. The number of nitrogens with one attached hydrogen (secondary N) is 1. The number of ether oxygens (including phenoxy) is 2. The van der Waals surface area contributed by atoms with Gasteiger partial charge in [-0.2, -0.15) is 5.10 Å². The van der Waals surface area contributed by atoms with Crippen LogP contribution in [0, 0.1) is 6.92 Å². The molecule has 1 aromatic heterocycles. The second-order valence-electron chi connectivity index (χ2n) is 5.13. The molecule has 1 aromatic carbocycles. The topological polar surface area (TPSA) is 65.4 Å². The Bertz CT molecular complexity index is 680. The molecule has 0 radical (unpaired) electrons. The fraction of sp³-hybridized carbons (Fsp3) is 0.412. The van der Waals surface area contributed by atoms with E-state index in [1.165, 1.54) is 0 Å². The molecular weight excluding hydrogens is 294 g/mol. The highest BCUT2D eigenvalue weighted by Gasteiger charge is 2.19. The zero-order valence-electron chi connectivity index (χ0n) is 14.0. The first kappa shape index (κ1) is 17.0. The summed E-state index contributed by atoms with van der Waals surface area (Å²) in [4.78, 5) is 12.1. The lowest BCUT2D eigenvalue weighted by atomic mass is 10.0. The van der Waals surface area contributed by atoms with Crippen molar-refractivity contribution >= 4 is 11.7 Å². The summed E-state index contributed by atoms with van der Waals surface area (Å²) in [6.07, 6.45) is 0.309. The van der Waals surface area contributed by atoms with Gasteiger partial charge >= 0.3 is 0 Å². The molecule has 0 bridgehead atoms. The molecule has 0 saturated heterocycles. The predicted octanol–water partition coefficient (Wildman–Crippen LogP) is 2.77. The lowest BCUT2D eigenvalue weighted by Crippen LogP contribution is -2.17. The number of hydrogen-bond acceptors (Lipinski definition) is 4. The molecule has 0 unspecified atom stereocenters. The van der Waals surface area contributed by atoms with Gasteiger partial charge in [-0.05, 0) is 19.9 Å². The van der Waals surface area contributed by atoms with Gasteiger partial charge in [-0.1, -0.05) is 18.2 Å². The van der Waals surface area contributed by atoms with Gasteiger partial charge in [0.1, 0.15) is 11.6 Å². The van der Waals surface area contributed by atoms with Gasteiger partial charge < -0.3 is 14.8 Å². The van der Waals surface area contributed by atoms with Crippen molar-refractivity contribution < 1.29 is 14.3 Å². The zero-order chi connectivity index (χ0) is 16.8. The SMILES string of the molecule is CCOCCC(=O)Nc1c(-c2ccccc2OC)c(C)nn1C. The molecule has 0 aliphatic carbocycles. The molecule has 0 atom stereocenters. The van der Waals surface area contributed by atoms with Crippen LogP contribution in [0.2, 0.25) is 0 Å². The van der Waals surface area contributed by atoms with Crippen molar-refractivity contribution in [3.63, 3.8) is 0 Å². The van der Waals surface area contributed by atoms with Crippen LogP contribution in [0.5, 0.6) is 5.75 Å². The van der Waals surface area contributed by atoms with Crippen molar-refractivity contribution in [2.75, 3.05) is 25.6 Å². The number of methoxy groups -OCH3 is 1. The van der Waals surface area contributed by atoms with Crippen LogP contribution >= 0.6 is 0 Å². The van der Waals surface area contributed by atoms with E-state index in [0.717, 1.165) is 22.6 Å². The van der Waals surface area contributed by atoms with Crippen molar-refractivity contribution in [1.29, 1.82) is 0 Å². The molecule has 23 heavy (non-hydrogen) atoms. The van der Waals surface area contributed by atoms with E-state index in [1.807, 2.05) is 45.2 Å². The minimum atomic E-state index is -0.0994. The second kappa shape index (κ2) is 7.78. The normalized spacial score (nSPS) is 10.6. The van der Waals surface area contributed by atoms with Crippen molar-refractivity contribution in [2.45, 2.75) is 20.3 Å². The summed E-state index contributed by atoms with van der Waals surface area (Å²) in [6, 6.07) is 7.69. The van der Waals surface area contributed by atoms with Crippen molar-refractivity contribution in [3.05, 3.63) is 30.0 Å². The molecule has 1 amide bonds. The molecule has 1 N–H and O–H groups in total. The highest BCUT2D eigenvalue weighted by atomic mass is 16.5. The maximum Gasteiger partial charge on any atom is 0.227 e. The van der Waals surface area contributed by atoms with Gasteiger partial charge in [0.25, 0.3) is 0 Å². The minimum Gasteiger partial charge on any atom is -0.496 e. The number of rotatable bonds is 7. The van der Waals surface area contributed by atoms with E-state index in [2.05, 4.69) is 10.4 Å². The molecule has 0 saturated carbocycles. The van der Waals surface area contributed by atoms with Crippen LogP contribution < -0.4 is 10.1 Å². The van der Waals surface area contributed by atoms with Crippen LogP contribution in [-0.4, -0.2) is 36.0 Å². The minimum absolute atomic E-state index is 0.0994. The summed E-state index contributed by atoms with van der Waals surface area (Å²) in [7, 11) is 3.44. The standard InChI is InChI=1S/C17H23N3O3/c1-5-23-11-10-15(21)18-17-16(12(2)19-20(17)3)13-8-6-7-9-14(13)22-4/h6-9H,5,10-11H2,1-4H3,(H,18,21). The maximum atomic E-state index is 12.1. The number of benzene rings is 1. The molecule has 1 heterocycles. The lowest BCUT2D eigenvalue weighted by Gasteiger charge is -2.12. The third-order valence-electron chi connectivity index (χ3n) is 3.53. The molecule has 2 aromatic rings. The highest BCUT2D eigenvalue weighted by molar-refractivity contribution is 5.95. The average Bonchev–Trinajstić information content (AvgIpc) is 2.81. The van der Waals surface area contributed by atoms with Gasteiger partial charge in [-0.15, -0.1) is 0 Å². The number of carbonyl (C=O) groups excluding carboxylic acids is 1. The summed E-state index contributed by atoms with van der Waals surface area (Å²) in [6.45, 7) is 4.83. The van der Waals surface area contributed by atoms with E-state index in [9.17, 15) is 4.79 Å². The third-order valence-corrected chi connectivity index (χ3v) is 3.53. The van der Waals surface area contributed by atoms with Crippen molar-refractivity contribution in [3.8, 4) is 16.9 Å². The van der Waals surface area contributed by atoms with Crippen LogP contribution in [0.25, 0.3) is 11.1 Å². The number of aromatic nitrogens is 2. The fourth-order valence-electron chi connectivity index (χ4n) is 2.48. The molecule has 0 fully saturated rings. The molecule has 124 valence electrons. The van der Waals surface area contributed by atoms with Crippen LogP contribution in [0.4, 0.5) is 5.82 Å². The number of hydrogen-bond donors (Lipinski definition) is 1. The fourth-order valence-corrected chi connectivity index (χ4v) is 2.48. The van der Waals surface area contributed by atoms with Gasteiger partial charge in [0.15, 0.2) is 0 Å². The van der Waals surface area contributed by atoms with Crippen LogP contribution in [0.15, 0.2) is 24.3 Å². The quantitative estimate of drug-likeness (QED) is 0.798. The van der Waals surface area contributed by atoms with E-state index in [1.54, 1.807) is 11.8 Å². The number of carbonyl (C=O) groups is 1. The summed E-state index contributed by atoms with van der Waals surface area (Å²) < 4.78 is 12.3. The molecule has 0 aliphatic heterocycles. The molecule has 2 rings (SSSR count). The van der Waals surface area contributed by atoms with E-state index in [0.29, 0.717) is 25.5 Å². The summed E-state index contributed by atoms with van der Waals surface area (Å²) in [5.74, 6) is 1.31. The van der Waals surface area contributed by atoms with E-state index >= 15 is 0 Å². The lowest BCUT2D eigenvalue weighted by molar-refractivity contribution is -0.117. The van der Waals surface area contributed by atoms with Crippen molar-refractivity contribution in [2.24, 2.45) is 7.05 Å². The van der Waals surface area contributed by atoms with Gasteiger partial charge in [0.2, 0.25) is 5.91 Å². The van der Waals surface area contributed by atoms with Crippen LogP contribution in [0.3, 0.4) is 0 Å². The molecule has 6 heteroatoms. The van der Waals surface area contributed by atoms with Gasteiger partial charge in [0, 0.05) is 19.2 Å². The number of para-hydroxylation sites is 1. The van der Waals surface area contributed by atoms with Gasteiger partial charge in [-0.3, -0.25) is 9.48 Å². The Morgan fingerprint density at radius 2 is 2.09 bits per heavy atom. The monoisotopic (exact) mass is 317 g/mol. The second-order valence-corrected chi connectivity index (χ2v) is 5.13. The first-order valence-corrected chi connectivity index (χ1v) is 7.63. The van der Waals surface area contributed by atoms with E-state index in [4.69, 9.17) is 9.47 Å². The first-order valence-electron chi connectivity index (χ1n) is 7.63. The van der Waals surface area contributed by atoms with E-state index < -0.39 is 0 Å². The van der Waals surface area contributed by atoms with Gasteiger partial charge in [0.05, 0.1) is 31.4 Å². The first-order chi connectivity index (χ1) is 11.1. The number of aryl methyl sites for hydroxylation is 2. The van der Waals surface area contributed by atoms with Gasteiger partial charge in [-0.25, -0.2) is 0 Å². The smallest absolute Gasteiger partial charge is 0.227 e. The predicted molar refractivity (Wildman–Crippen MR) is 89.7 cm³/mol. The summed E-state index contributed by atoms with van der Waals surface area (Å²) in [5.41, 5.74) is 2.60. The summed E-state index contributed by atoms with van der Waals surface area (Å²) >= 11 is 0. The van der Waals surface area contributed by atoms with Crippen LogP contribution in [0.1, 0.15) is 19.0 Å². The number of amides is 1. The molecule has 0 aliphatic rings. The third kappa shape index (κ3) is 3.90. The van der Waals surface area contributed by atoms with Crippen LogP contribution in [-0.2, 0) is 16.6 Å². The molecule has 6 nitrogen and oxygen atoms in total. The zero-order valence-corrected chi connectivity index (χ0v) is 14.0. The Morgan fingerprint density at radius 1 is 1.35 bits per heavy atom. The summed E-state index contributed by atoms with van der Waals surface area (Å²) in [5, 5.41) is 7.36. The molecular formula is C17H23N3O3. The Balaban J connectivity index is 2.32. The highest BCUT2D eigenvalue weighted by Crippen LogP contribution is 2.37. The molecule has 0 spiro atoms. The largest absolute Gasteiger partial charge is 0.496 e. The number of anilines is 1.